The molecule has 1 aliphatic carbocycles. The van der Waals surface area contributed by atoms with Crippen LogP contribution in [0.4, 0.5) is 4.79 Å². The van der Waals surface area contributed by atoms with Gasteiger partial charge in [-0.2, -0.15) is 4.48 Å². The Morgan fingerprint density at radius 2 is 1.91 bits per heavy atom. The molecule has 2 aromatic rings. The first-order valence-electron chi connectivity index (χ1n) is 11.0. The molecule has 0 spiro atoms. The van der Waals surface area contributed by atoms with Crippen LogP contribution in [0.2, 0.25) is 0 Å². The Morgan fingerprint density at radius 1 is 1.18 bits per heavy atom. The Kier molecular flexibility index (Phi) is 6.20. The Bertz CT molecular complexity index is 1190. The summed E-state index contributed by atoms with van der Waals surface area (Å²) in [5.41, 5.74) is 1.70. The van der Waals surface area contributed by atoms with Crippen LogP contribution in [0.1, 0.15) is 47.3 Å². The van der Waals surface area contributed by atoms with E-state index < -0.39 is 32.3 Å². The van der Waals surface area contributed by atoms with Crippen molar-refractivity contribution in [2.45, 2.75) is 38.4 Å². The van der Waals surface area contributed by atoms with Crippen molar-refractivity contribution in [1.82, 2.24) is 5.32 Å². The van der Waals surface area contributed by atoms with E-state index in [0.717, 1.165) is 24.7 Å². The van der Waals surface area contributed by atoms with Crippen LogP contribution in [0.5, 0.6) is 11.5 Å². The first-order chi connectivity index (χ1) is 15.7. The van der Waals surface area contributed by atoms with E-state index in [-0.39, 0.29) is 18.3 Å². The molecule has 2 aromatic carbocycles. The topological polar surface area (TPSA) is 98.8 Å². The lowest BCUT2D eigenvalue weighted by Crippen LogP contribution is -2.61. The van der Waals surface area contributed by atoms with E-state index in [1.165, 1.54) is 7.11 Å². The van der Waals surface area contributed by atoms with Crippen molar-refractivity contribution in [1.29, 1.82) is 0 Å². The number of hydrogen-bond acceptors (Lipinski definition) is 6. The molecule has 1 saturated carbocycles. The van der Waals surface area contributed by atoms with Gasteiger partial charge in [-0.1, -0.05) is 18.2 Å². The fraction of sp³-hybridized carbons (Fsp3) is 0.417. The summed E-state index contributed by atoms with van der Waals surface area (Å²) in [6.45, 7) is 2.30. The van der Waals surface area contributed by atoms with Gasteiger partial charge < -0.3 is 14.8 Å². The number of benzene rings is 2. The molecule has 1 aliphatic heterocycles. The van der Waals surface area contributed by atoms with E-state index in [9.17, 15) is 18.0 Å². The van der Waals surface area contributed by atoms with E-state index in [2.05, 4.69) is 5.32 Å². The Hall–Kier alpha value is -2.91. The average Bonchev–Trinajstić information content (AvgIpc) is 3.54. The van der Waals surface area contributed by atoms with E-state index in [4.69, 9.17) is 9.47 Å². The van der Waals surface area contributed by atoms with Crippen molar-refractivity contribution < 1.29 is 32.0 Å². The minimum absolute atomic E-state index is 0.0118. The number of sulfone groups is 1. The fourth-order valence-electron chi connectivity index (χ4n) is 4.43. The highest BCUT2D eigenvalue weighted by Crippen LogP contribution is 2.43. The summed E-state index contributed by atoms with van der Waals surface area (Å²) in [5.74, 6) is 0.152. The molecule has 1 fully saturated rings. The lowest BCUT2D eigenvalue weighted by molar-refractivity contribution is -0.808. The molecule has 1 N–H and O–H groups in total. The number of ether oxygens (including phenoxy) is 2. The summed E-state index contributed by atoms with van der Waals surface area (Å²) < 4.78 is 35.6. The predicted molar refractivity (Wildman–Crippen MR) is 123 cm³/mol. The number of quaternary nitrogens is 1. The van der Waals surface area contributed by atoms with Crippen LogP contribution in [0.3, 0.4) is 0 Å². The second-order valence-corrected chi connectivity index (χ2v) is 10.8. The number of hydrogen-bond donors (Lipinski definition) is 1. The van der Waals surface area contributed by atoms with Gasteiger partial charge >= 0.3 is 11.9 Å². The van der Waals surface area contributed by atoms with Gasteiger partial charge in [-0.25, -0.2) is 18.0 Å². The highest BCUT2D eigenvalue weighted by atomic mass is 32.2. The van der Waals surface area contributed by atoms with Crippen molar-refractivity contribution in [3.63, 3.8) is 0 Å². The molecule has 4 rings (SSSR count). The van der Waals surface area contributed by atoms with Crippen molar-refractivity contribution in [2.75, 3.05) is 25.7 Å². The van der Waals surface area contributed by atoms with Gasteiger partial charge in [0.2, 0.25) is 0 Å². The van der Waals surface area contributed by atoms with Gasteiger partial charge in [0.05, 0.1) is 19.3 Å². The zero-order chi connectivity index (χ0) is 23.8. The largest absolute Gasteiger partial charge is 0.493 e. The summed E-state index contributed by atoms with van der Waals surface area (Å²) in [4.78, 5) is 27.6. The van der Waals surface area contributed by atoms with Crippen LogP contribution in [-0.4, -0.2) is 56.6 Å². The number of carbonyl (C=O) groups excluding carboxylic acids is 2. The van der Waals surface area contributed by atoms with Gasteiger partial charge in [-0.15, -0.1) is 0 Å². The molecule has 3 amide bonds. The molecule has 0 unspecified atom stereocenters. The van der Waals surface area contributed by atoms with Crippen molar-refractivity contribution >= 4 is 21.8 Å². The van der Waals surface area contributed by atoms with Crippen LogP contribution in [0.25, 0.3) is 0 Å². The average molecular weight is 474 g/mol. The Balaban J connectivity index is 1.90. The van der Waals surface area contributed by atoms with Crippen LogP contribution in [0.15, 0.2) is 42.5 Å². The van der Waals surface area contributed by atoms with Gasteiger partial charge in [0.1, 0.15) is 18.3 Å². The maximum Gasteiger partial charge on any atom is 0.425 e. The minimum Gasteiger partial charge on any atom is -0.493 e. The third-order valence-electron chi connectivity index (χ3n) is 6.16. The Morgan fingerprint density at radius 3 is 2.52 bits per heavy atom. The SMILES string of the molecule is CCOc1cc([C@@H](CS(C)(=O)=O)[N@@+]2(C(=O)NC3CC3)Cc3ccccc3C2=O)ccc1OC. The van der Waals surface area contributed by atoms with Gasteiger partial charge in [0.25, 0.3) is 0 Å². The quantitative estimate of drug-likeness (QED) is 0.591. The monoisotopic (exact) mass is 473 g/mol. The number of methoxy groups -OCH3 is 1. The zero-order valence-corrected chi connectivity index (χ0v) is 19.9. The van der Waals surface area contributed by atoms with Gasteiger partial charge in [-0.3, -0.25) is 0 Å². The molecule has 9 heteroatoms. The van der Waals surface area contributed by atoms with Gasteiger partial charge in [-0.05, 0) is 44.0 Å². The number of urea groups is 1. The molecule has 0 aromatic heterocycles. The first-order valence-corrected chi connectivity index (χ1v) is 13.1. The number of nitrogens with zero attached hydrogens (tertiary/aromatic N) is 1. The second-order valence-electron chi connectivity index (χ2n) is 8.66. The molecule has 0 saturated heterocycles. The maximum absolute atomic E-state index is 13.9. The van der Waals surface area contributed by atoms with Gasteiger partial charge in [0, 0.05) is 23.4 Å². The minimum atomic E-state index is -3.56. The van der Waals surface area contributed by atoms with Crippen molar-refractivity contribution in [3.8, 4) is 11.5 Å². The van der Waals surface area contributed by atoms with Crippen LogP contribution in [-0.2, 0) is 16.4 Å². The molecule has 33 heavy (non-hydrogen) atoms. The van der Waals surface area contributed by atoms with Crippen molar-refractivity contribution in [2.24, 2.45) is 0 Å². The summed E-state index contributed by atoms with van der Waals surface area (Å²) in [7, 11) is -2.05. The number of rotatable bonds is 8. The number of imide groups is 1. The zero-order valence-electron chi connectivity index (χ0n) is 19.0. The summed E-state index contributed by atoms with van der Waals surface area (Å²) in [6.07, 6.45) is 2.82. The van der Waals surface area contributed by atoms with Crippen LogP contribution in [0, 0.1) is 0 Å². The fourth-order valence-corrected chi connectivity index (χ4v) is 5.45. The summed E-state index contributed by atoms with van der Waals surface area (Å²) >= 11 is 0. The van der Waals surface area contributed by atoms with Gasteiger partial charge in [0.15, 0.2) is 21.3 Å². The standard InChI is InChI=1S/C24H28N2O6S/c1-4-32-22-13-16(9-12-21(22)31-2)20(15-33(3,29)30)26(24(28)25-18-10-11-18)14-17-7-5-6-8-19(17)23(26)27/h5-9,12-13,18,20H,4,10-11,14-15H2,1-3H3/p+1/t20-,26+/m1/s1. The van der Waals surface area contributed by atoms with E-state index in [1.807, 2.05) is 19.1 Å². The van der Waals surface area contributed by atoms with Crippen LogP contribution < -0.4 is 14.8 Å². The summed E-state index contributed by atoms with van der Waals surface area (Å²) in [5, 5.41) is 2.96. The molecule has 176 valence electrons. The van der Waals surface area contributed by atoms with Crippen molar-refractivity contribution in [3.05, 3.63) is 59.2 Å². The molecule has 2 aliphatic rings. The Labute approximate surface area is 194 Å². The predicted octanol–water partition coefficient (Wildman–Crippen LogP) is 3.22. The lowest BCUT2D eigenvalue weighted by Gasteiger charge is -2.36. The molecule has 0 bridgehead atoms. The molecule has 8 nitrogen and oxygen atoms in total. The van der Waals surface area contributed by atoms with Crippen LogP contribution >= 0.6 is 0 Å². The summed E-state index contributed by atoms with van der Waals surface area (Å²) in [6, 6.07) is 10.7. The number of nitrogens with one attached hydrogen (secondary N) is 1. The third kappa shape index (κ3) is 4.47. The second kappa shape index (κ2) is 8.79. The molecular formula is C24H29N2O6S+. The van der Waals surface area contributed by atoms with E-state index in [1.54, 1.807) is 30.3 Å². The first kappa shape index (κ1) is 23.3. The number of amides is 3. The normalized spacial score (nSPS) is 20.8. The molecule has 2 atom stereocenters. The maximum atomic E-state index is 13.9. The smallest absolute Gasteiger partial charge is 0.425 e. The van der Waals surface area contributed by atoms with E-state index in [0.29, 0.717) is 29.2 Å². The molecular weight excluding hydrogens is 444 g/mol. The highest BCUT2D eigenvalue weighted by molar-refractivity contribution is 7.90. The molecule has 0 radical (unpaired) electrons. The van der Waals surface area contributed by atoms with E-state index >= 15 is 0 Å². The number of carbonyl (C=O) groups is 2. The lowest BCUT2D eigenvalue weighted by atomic mass is 10.0. The molecule has 1 heterocycles. The number of fused-ring (bicyclic) bond motifs is 1. The third-order valence-corrected chi connectivity index (χ3v) is 7.08. The highest BCUT2D eigenvalue weighted by Gasteiger charge is 2.58.